The minimum Gasteiger partial charge on any atom is -0.496 e. The lowest BCUT2D eigenvalue weighted by Gasteiger charge is -2.23. The SMILES string of the molecule is COc1cc(F)cc2c1c(Nc1ccc(C)c(F)c1)nn2Cc1cccc(CNC(=O)[C@]2(C)CCCN2)c1. The summed E-state index contributed by atoms with van der Waals surface area (Å²) in [5.74, 6) is -0.0378. The molecular weight excluding hydrogens is 488 g/mol. The van der Waals surface area contributed by atoms with E-state index in [0.29, 0.717) is 46.8 Å². The summed E-state index contributed by atoms with van der Waals surface area (Å²) < 4.78 is 35.8. The van der Waals surface area contributed by atoms with E-state index >= 15 is 0 Å². The maximum atomic E-state index is 14.5. The van der Waals surface area contributed by atoms with Gasteiger partial charge in [-0.25, -0.2) is 8.78 Å². The van der Waals surface area contributed by atoms with Gasteiger partial charge in [0, 0.05) is 24.4 Å². The fourth-order valence-electron chi connectivity index (χ4n) is 4.89. The highest BCUT2D eigenvalue weighted by molar-refractivity contribution is 5.97. The third kappa shape index (κ3) is 5.19. The van der Waals surface area contributed by atoms with E-state index in [-0.39, 0.29) is 11.7 Å². The summed E-state index contributed by atoms with van der Waals surface area (Å²) >= 11 is 0. The van der Waals surface area contributed by atoms with Crippen LogP contribution in [0.4, 0.5) is 20.3 Å². The van der Waals surface area contributed by atoms with Crippen LogP contribution in [-0.4, -0.2) is 34.9 Å². The molecular formula is C29H31F2N5O2. The Kier molecular flexibility index (Phi) is 7.03. The quantitative estimate of drug-likeness (QED) is 0.299. The number of fused-ring (bicyclic) bond motifs is 1. The third-order valence-electron chi connectivity index (χ3n) is 7.08. The Bertz CT molecular complexity index is 1490. The molecule has 5 rings (SSSR count). The van der Waals surface area contributed by atoms with Gasteiger partial charge in [-0.05, 0) is 62.1 Å². The molecule has 0 spiro atoms. The Morgan fingerprint density at radius 1 is 1.16 bits per heavy atom. The number of carbonyl (C=O) groups excluding carboxylic acids is 1. The summed E-state index contributed by atoms with van der Waals surface area (Å²) in [6, 6.07) is 15.4. The van der Waals surface area contributed by atoms with E-state index in [1.165, 1.54) is 25.3 Å². The van der Waals surface area contributed by atoms with Gasteiger partial charge in [-0.15, -0.1) is 0 Å². The average Bonchev–Trinajstić information content (AvgIpc) is 3.49. The molecule has 3 aromatic carbocycles. The van der Waals surface area contributed by atoms with Crippen molar-refractivity contribution in [3.8, 4) is 5.75 Å². The van der Waals surface area contributed by atoms with Crippen molar-refractivity contribution in [2.24, 2.45) is 0 Å². The number of carbonyl (C=O) groups is 1. The van der Waals surface area contributed by atoms with Crippen LogP contribution < -0.4 is 20.7 Å². The van der Waals surface area contributed by atoms with Crippen molar-refractivity contribution in [2.75, 3.05) is 19.0 Å². The van der Waals surface area contributed by atoms with Crippen LogP contribution in [-0.2, 0) is 17.9 Å². The van der Waals surface area contributed by atoms with E-state index in [4.69, 9.17) is 9.84 Å². The zero-order valence-corrected chi connectivity index (χ0v) is 21.7. The van der Waals surface area contributed by atoms with Gasteiger partial charge in [0.2, 0.25) is 5.91 Å². The molecule has 1 amide bonds. The van der Waals surface area contributed by atoms with Gasteiger partial charge in [0.05, 0.1) is 30.1 Å². The second kappa shape index (κ2) is 10.4. The number of ether oxygens (including phenoxy) is 1. The van der Waals surface area contributed by atoms with Gasteiger partial charge in [-0.1, -0.05) is 30.3 Å². The van der Waals surface area contributed by atoms with E-state index in [1.807, 2.05) is 31.2 Å². The second-order valence-electron chi connectivity index (χ2n) is 9.96. The number of anilines is 2. The first-order valence-corrected chi connectivity index (χ1v) is 12.6. The molecule has 1 aliphatic rings. The Labute approximate surface area is 220 Å². The zero-order chi connectivity index (χ0) is 26.9. The predicted molar refractivity (Wildman–Crippen MR) is 144 cm³/mol. The van der Waals surface area contributed by atoms with Gasteiger partial charge < -0.3 is 20.7 Å². The van der Waals surface area contributed by atoms with Crippen LogP contribution in [0.2, 0.25) is 0 Å². The van der Waals surface area contributed by atoms with E-state index in [0.717, 1.165) is 30.5 Å². The molecule has 38 heavy (non-hydrogen) atoms. The molecule has 0 saturated carbocycles. The lowest BCUT2D eigenvalue weighted by Crippen LogP contribution is -2.50. The van der Waals surface area contributed by atoms with Crippen LogP contribution in [0.5, 0.6) is 5.75 Å². The molecule has 4 aromatic rings. The molecule has 1 aromatic heterocycles. The normalized spacial score (nSPS) is 17.1. The number of rotatable bonds is 8. The first-order chi connectivity index (χ1) is 18.3. The van der Waals surface area contributed by atoms with Crippen molar-refractivity contribution in [3.63, 3.8) is 0 Å². The van der Waals surface area contributed by atoms with Crippen molar-refractivity contribution in [1.29, 1.82) is 0 Å². The van der Waals surface area contributed by atoms with E-state index in [1.54, 1.807) is 23.7 Å². The largest absolute Gasteiger partial charge is 0.496 e. The summed E-state index contributed by atoms with van der Waals surface area (Å²) in [6.45, 7) is 5.23. The molecule has 1 fully saturated rings. The molecule has 0 bridgehead atoms. The van der Waals surface area contributed by atoms with Crippen molar-refractivity contribution in [3.05, 3.63) is 82.9 Å². The molecule has 9 heteroatoms. The maximum absolute atomic E-state index is 14.5. The summed E-state index contributed by atoms with van der Waals surface area (Å²) in [5, 5.41) is 14.8. The minimum absolute atomic E-state index is 0.00991. The zero-order valence-electron chi connectivity index (χ0n) is 21.7. The fourth-order valence-corrected chi connectivity index (χ4v) is 4.89. The second-order valence-corrected chi connectivity index (χ2v) is 9.96. The molecule has 7 nitrogen and oxygen atoms in total. The van der Waals surface area contributed by atoms with Gasteiger partial charge in [-0.2, -0.15) is 5.10 Å². The predicted octanol–water partition coefficient (Wildman–Crippen LogP) is 5.18. The topological polar surface area (TPSA) is 80.2 Å². The highest BCUT2D eigenvalue weighted by atomic mass is 19.1. The number of amides is 1. The van der Waals surface area contributed by atoms with E-state index < -0.39 is 11.4 Å². The van der Waals surface area contributed by atoms with Gasteiger partial charge in [0.25, 0.3) is 0 Å². The first-order valence-electron chi connectivity index (χ1n) is 12.6. The Morgan fingerprint density at radius 2 is 1.97 bits per heavy atom. The molecule has 1 atom stereocenters. The monoisotopic (exact) mass is 519 g/mol. The van der Waals surface area contributed by atoms with Gasteiger partial charge in [0.15, 0.2) is 5.82 Å². The number of halogens is 2. The number of nitrogens with one attached hydrogen (secondary N) is 3. The van der Waals surface area contributed by atoms with Gasteiger partial charge in [0.1, 0.15) is 17.4 Å². The molecule has 1 saturated heterocycles. The summed E-state index contributed by atoms with van der Waals surface area (Å²) in [7, 11) is 1.47. The highest BCUT2D eigenvalue weighted by Gasteiger charge is 2.35. The number of methoxy groups -OCH3 is 1. The lowest BCUT2D eigenvalue weighted by atomic mass is 9.99. The van der Waals surface area contributed by atoms with E-state index in [2.05, 4.69) is 16.0 Å². The van der Waals surface area contributed by atoms with Gasteiger partial charge >= 0.3 is 0 Å². The number of aryl methyl sites for hydroxylation is 1. The van der Waals surface area contributed by atoms with Crippen LogP contribution in [0.25, 0.3) is 10.9 Å². The smallest absolute Gasteiger partial charge is 0.240 e. The summed E-state index contributed by atoms with van der Waals surface area (Å²) in [4.78, 5) is 12.7. The van der Waals surface area contributed by atoms with Crippen molar-refractivity contribution in [2.45, 2.75) is 45.3 Å². The summed E-state index contributed by atoms with van der Waals surface area (Å²) in [6.07, 6.45) is 1.80. The van der Waals surface area contributed by atoms with Crippen LogP contribution in [0.3, 0.4) is 0 Å². The summed E-state index contributed by atoms with van der Waals surface area (Å²) in [5.41, 5.74) is 2.95. The third-order valence-corrected chi connectivity index (χ3v) is 7.08. The molecule has 0 aliphatic carbocycles. The van der Waals surface area contributed by atoms with Crippen molar-refractivity contribution in [1.82, 2.24) is 20.4 Å². The molecule has 198 valence electrons. The Balaban J connectivity index is 1.42. The standard InChI is InChI=1S/C29H31F2N5O2/c1-18-8-9-22(15-23(18)31)34-27-26-24(13-21(30)14-25(26)38-3)36(35-27)17-20-7-4-6-19(12-20)16-32-28(37)29(2)10-5-11-33-29/h4,6-9,12-15,33H,5,10-11,16-17H2,1-3H3,(H,32,37)(H,34,35)/t29-/m0/s1. The fraction of sp³-hybridized carbons (Fsp3) is 0.310. The lowest BCUT2D eigenvalue weighted by molar-refractivity contribution is -0.126. The number of nitrogens with zero attached hydrogens (tertiary/aromatic N) is 2. The van der Waals surface area contributed by atoms with Crippen LogP contribution in [0, 0.1) is 18.6 Å². The number of aromatic nitrogens is 2. The van der Waals surface area contributed by atoms with Crippen LogP contribution in [0.15, 0.2) is 54.6 Å². The minimum atomic E-state index is -0.529. The van der Waals surface area contributed by atoms with Crippen LogP contribution >= 0.6 is 0 Å². The van der Waals surface area contributed by atoms with E-state index in [9.17, 15) is 13.6 Å². The number of hydrogen-bond acceptors (Lipinski definition) is 5. The molecule has 1 aliphatic heterocycles. The average molecular weight is 520 g/mol. The van der Waals surface area contributed by atoms with Gasteiger partial charge in [-0.3, -0.25) is 9.48 Å². The molecule has 0 unspecified atom stereocenters. The van der Waals surface area contributed by atoms with Crippen LogP contribution in [0.1, 0.15) is 36.5 Å². The number of benzene rings is 3. The Morgan fingerprint density at radius 3 is 2.71 bits per heavy atom. The molecule has 0 radical (unpaired) electrons. The number of hydrogen-bond donors (Lipinski definition) is 3. The molecule has 2 heterocycles. The maximum Gasteiger partial charge on any atom is 0.240 e. The molecule has 3 N–H and O–H groups in total. The first kappa shape index (κ1) is 25.7. The Hall–Kier alpha value is -3.98. The van der Waals surface area contributed by atoms with Crippen molar-refractivity contribution < 1.29 is 18.3 Å². The highest BCUT2D eigenvalue weighted by Crippen LogP contribution is 2.35. The van der Waals surface area contributed by atoms with Crippen molar-refractivity contribution >= 4 is 28.3 Å².